The second kappa shape index (κ2) is 10.9. The molecule has 0 aliphatic heterocycles. The first-order valence-corrected chi connectivity index (χ1v) is 10.2. The van der Waals surface area contributed by atoms with E-state index in [1.807, 2.05) is 26.0 Å². The first-order valence-electron chi connectivity index (χ1n) is 9.19. The molecule has 0 amide bonds. The van der Waals surface area contributed by atoms with E-state index in [-0.39, 0.29) is 23.3 Å². The van der Waals surface area contributed by atoms with Gasteiger partial charge in [-0.25, -0.2) is 4.39 Å². The fraction of sp³-hybridized carbons (Fsp3) is 0.429. The van der Waals surface area contributed by atoms with Gasteiger partial charge in [-0.3, -0.25) is 4.79 Å². The summed E-state index contributed by atoms with van der Waals surface area (Å²) in [7, 11) is 0. The maximum absolute atomic E-state index is 12.9. The lowest BCUT2D eigenvalue weighted by Crippen LogP contribution is -2.25. The van der Waals surface area contributed by atoms with Gasteiger partial charge in [0, 0.05) is 17.7 Å². The van der Waals surface area contributed by atoms with Crippen LogP contribution in [0.1, 0.15) is 39.5 Å². The molecule has 0 heterocycles. The lowest BCUT2D eigenvalue weighted by atomic mass is 9.83. The summed E-state index contributed by atoms with van der Waals surface area (Å²) in [5.74, 6) is 0.705. The van der Waals surface area contributed by atoms with Crippen molar-refractivity contribution in [3.05, 3.63) is 53.6 Å². The average molecular weight is 392 g/mol. The van der Waals surface area contributed by atoms with Crippen molar-refractivity contribution >= 4 is 23.3 Å². The number of allylic oxidation sites excluding steroid dienone is 3. The zero-order valence-corrected chi connectivity index (χ0v) is 16.6. The van der Waals surface area contributed by atoms with Gasteiger partial charge in [0.05, 0.1) is 11.3 Å². The second-order valence-corrected chi connectivity index (χ2v) is 7.53. The number of benzene rings is 1. The molecule has 1 N–H and O–H groups in total. The number of rotatable bonds is 9. The normalized spacial score (nSPS) is 18.4. The molecule has 6 heteroatoms. The van der Waals surface area contributed by atoms with Crippen LogP contribution in [0.2, 0.25) is 0 Å². The van der Waals surface area contributed by atoms with Crippen molar-refractivity contribution < 1.29 is 19.1 Å². The van der Waals surface area contributed by atoms with E-state index in [4.69, 9.17) is 4.84 Å². The van der Waals surface area contributed by atoms with Crippen molar-refractivity contribution in [3.63, 3.8) is 0 Å². The molecule has 1 aromatic carbocycles. The van der Waals surface area contributed by atoms with Crippen LogP contribution >= 0.6 is 11.8 Å². The number of thioether (sulfide) groups is 1. The summed E-state index contributed by atoms with van der Waals surface area (Å²) >= 11 is 1.63. The van der Waals surface area contributed by atoms with Gasteiger partial charge in [-0.15, -0.1) is 11.8 Å². The molecule has 1 aliphatic rings. The molecular formula is C21H26FNO3S. The Morgan fingerprint density at radius 1 is 1.37 bits per heavy atom. The van der Waals surface area contributed by atoms with Gasteiger partial charge in [0.25, 0.3) is 0 Å². The molecule has 0 fully saturated rings. The zero-order valence-electron chi connectivity index (χ0n) is 15.8. The minimum Gasteiger partial charge on any atom is -0.511 e. The van der Waals surface area contributed by atoms with E-state index >= 15 is 0 Å². The molecule has 1 atom stereocenters. The number of hydrogen-bond donors (Lipinski definition) is 1. The summed E-state index contributed by atoms with van der Waals surface area (Å²) in [6.07, 6.45) is 5.88. The minimum atomic E-state index is -0.247. The Bertz CT molecular complexity index is 725. The first kappa shape index (κ1) is 21.2. The van der Waals surface area contributed by atoms with Gasteiger partial charge in [-0.1, -0.05) is 18.2 Å². The summed E-state index contributed by atoms with van der Waals surface area (Å²) in [5.41, 5.74) is 0.821. The van der Waals surface area contributed by atoms with Gasteiger partial charge in [0.2, 0.25) is 0 Å². The Morgan fingerprint density at radius 2 is 2.11 bits per heavy atom. The standard InChI is InChI=1S/C21H26FNO3S/c1-3-5-11-26-23-18(4-2)21-19(24)13-15(14-20(21)25)10-12-27-17-8-6-16(22)7-9-17/h3,5-9,15,24H,4,10-14H2,1-2H3. The molecule has 27 heavy (non-hydrogen) atoms. The molecule has 0 radical (unpaired) electrons. The summed E-state index contributed by atoms with van der Waals surface area (Å²) in [6, 6.07) is 6.38. The summed E-state index contributed by atoms with van der Waals surface area (Å²) in [4.78, 5) is 18.8. The van der Waals surface area contributed by atoms with Crippen LogP contribution in [-0.2, 0) is 9.63 Å². The fourth-order valence-corrected chi connectivity index (χ4v) is 3.94. The molecule has 0 bridgehead atoms. The van der Waals surface area contributed by atoms with Crippen LogP contribution in [0.3, 0.4) is 0 Å². The van der Waals surface area contributed by atoms with E-state index in [9.17, 15) is 14.3 Å². The largest absolute Gasteiger partial charge is 0.511 e. The predicted molar refractivity (Wildman–Crippen MR) is 108 cm³/mol. The van der Waals surface area contributed by atoms with E-state index in [0.717, 1.165) is 17.1 Å². The molecule has 0 saturated carbocycles. The Morgan fingerprint density at radius 3 is 2.74 bits per heavy atom. The highest BCUT2D eigenvalue weighted by molar-refractivity contribution is 7.99. The third kappa shape index (κ3) is 6.54. The number of ketones is 1. The summed E-state index contributed by atoms with van der Waals surface area (Å²) < 4.78 is 12.9. The van der Waals surface area contributed by atoms with Crippen molar-refractivity contribution in [1.29, 1.82) is 0 Å². The lowest BCUT2D eigenvalue weighted by molar-refractivity contribution is -0.116. The van der Waals surface area contributed by atoms with Gasteiger partial charge < -0.3 is 9.94 Å². The maximum atomic E-state index is 12.9. The third-order valence-corrected chi connectivity index (χ3v) is 5.38. The van der Waals surface area contributed by atoms with Crippen LogP contribution in [0.25, 0.3) is 0 Å². The molecule has 2 rings (SSSR count). The molecular weight excluding hydrogens is 365 g/mol. The molecule has 0 aromatic heterocycles. The maximum Gasteiger partial charge on any atom is 0.168 e. The van der Waals surface area contributed by atoms with Crippen LogP contribution in [0.15, 0.2) is 57.8 Å². The van der Waals surface area contributed by atoms with Gasteiger partial charge in [0.1, 0.15) is 18.2 Å². The van der Waals surface area contributed by atoms with Crippen LogP contribution in [0, 0.1) is 11.7 Å². The Kier molecular flexibility index (Phi) is 8.58. The minimum absolute atomic E-state index is 0.0780. The number of aliphatic hydroxyl groups is 1. The summed E-state index contributed by atoms with van der Waals surface area (Å²) in [5, 5.41) is 14.5. The van der Waals surface area contributed by atoms with Crippen LogP contribution in [0.5, 0.6) is 0 Å². The number of halogens is 1. The molecule has 0 saturated heterocycles. The highest BCUT2D eigenvalue weighted by atomic mass is 32.2. The monoisotopic (exact) mass is 391 g/mol. The Balaban J connectivity index is 1.93. The smallest absolute Gasteiger partial charge is 0.168 e. The van der Waals surface area contributed by atoms with Crippen molar-refractivity contribution in [2.24, 2.45) is 11.1 Å². The van der Waals surface area contributed by atoms with Crippen molar-refractivity contribution in [2.45, 2.75) is 44.4 Å². The van der Waals surface area contributed by atoms with E-state index in [1.54, 1.807) is 23.9 Å². The van der Waals surface area contributed by atoms with Crippen LogP contribution in [-0.4, -0.2) is 29.0 Å². The quantitative estimate of drug-likeness (QED) is 0.200. The predicted octanol–water partition coefficient (Wildman–Crippen LogP) is 5.46. The topological polar surface area (TPSA) is 58.9 Å². The van der Waals surface area contributed by atoms with E-state index in [0.29, 0.717) is 37.2 Å². The SMILES string of the molecule is CC=CCON=C(CC)C1=C(O)CC(CCSc2ccc(F)cc2)CC1=O. The van der Waals surface area contributed by atoms with Gasteiger partial charge in [0.15, 0.2) is 5.78 Å². The van der Waals surface area contributed by atoms with Gasteiger partial charge in [-0.2, -0.15) is 0 Å². The zero-order chi connectivity index (χ0) is 19.6. The number of aliphatic hydroxyl groups excluding tert-OH is 1. The fourth-order valence-electron chi connectivity index (χ4n) is 2.92. The number of carbonyl (C=O) groups excluding carboxylic acids is 1. The molecule has 1 aliphatic carbocycles. The number of oxime groups is 1. The molecule has 1 aromatic rings. The van der Waals surface area contributed by atoms with Crippen LogP contribution in [0.4, 0.5) is 4.39 Å². The number of nitrogens with zero attached hydrogens (tertiary/aromatic N) is 1. The molecule has 1 unspecified atom stereocenters. The van der Waals surface area contributed by atoms with E-state index in [1.165, 1.54) is 12.1 Å². The molecule has 146 valence electrons. The first-order chi connectivity index (χ1) is 13.0. The van der Waals surface area contributed by atoms with Gasteiger partial charge >= 0.3 is 0 Å². The Hall–Kier alpha value is -2.08. The molecule has 0 spiro atoms. The molecule has 4 nitrogen and oxygen atoms in total. The lowest BCUT2D eigenvalue weighted by Gasteiger charge is -2.23. The second-order valence-electron chi connectivity index (χ2n) is 6.37. The van der Waals surface area contributed by atoms with Crippen molar-refractivity contribution in [2.75, 3.05) is 12.4 Å². The van der Waals surface area contributed by atoms with E-state index < -0.39 is 0 Å². The van der Waals surface area contributed by atoms with E-state index in [2.05, 4.69) is 5.16 Å². The average Bonchev–Trinajstić information content (AvgIpc) is 2.64. The van der Waals surface area contributed by atoms with Crippen molar-refractivity contribution in [3.8, 4) is 0 Å². The van der Waals surface area contributed by atoms with Crippen molar-refractivity contribution in [1.82, 2.24) is 0 Å². The third-order valence-electron chi connectivity index (χ3n) is 4.34. The number of Topliss-reactive ketones (excluding diaryl/α,β-unsaturated/α-hetero) is 1. The number of hydrogen-bond acceptors (Lipinski definition) is 5. The highest BCUT2D eigenvalue weighted by Crippen LogP contribution is 2.31. The highest BCUT2D eigenvalue weighted by Gasteiger charge is 2.30. The number of carbonyl (C=O) groups is 1. The van der Waals surface area contributed by atoms with Gasteiger partial charge in [-0.05, 0) is 61.8 Å². The van der Waals surface area contributed by atoms with Crippen LogP contribution < -0.4 is 0 Å². The summed E-state index contributed by atoms with van der Waals surface area (Å²) in [6.45, 7) is 4.11. The Labute approximate surface area is 164 Å².